The number of ether oxygens (including phenoxy) is 3. The monoisotopic (exact) mass is 540 g/mol. The van der Waals surface area contributed by atoms with Crippen LogP contribution in [0, 0.1) is 0 Å². The molecule has 0 saturated heterocycles. The number of esters is 1. The summed E-state index contributed by atoms with van der Waals surface area (Å²) >= 11 is 0. The van der Waals surface area contributed by atoms with Crippen molar-refractivity contribution >= 4 is 16.1 Å². The molecule has 0 N–H and O–H groups in total. The molecule has 1 unspecified atom stereocenters. The second kappa shape index (κ2) is 14.0. The normalized spacial score (nSPS) is 12.2. The number of hydrogen-bond donors (Lipinski definition) is 0. The molecule has 0 amide bonds. The van der Waals surface area contributed by atoms with Gasteiger partial charge in [-0.15, -0.1) is 0 Å². The molecule has 0 heterocycles. The van der Waals surface area contributed by atoms with Crippen molar-refractivity contribution in [2.24, 2.45) is 0 Å². The third kappa shape index (κ3) is 9.84. The third-order valence-corrected chi connectivity index (χ3v) is 6.09. The molecule has 3 rings (SSSR count). The van der Waals surface area contributed by atoms with Gasteiger partial charge in [-0.05, 0) is 61.2 Å². The molecular formula is C30H36O7S. The van der Waals surface area contributed by atoms with E-state index in [1.807, 2.05) is 69.3 Å². The summed E-state index contributed by atoms with van der Waals surface area (Å²) < 4.78 is 44.9. The molecule has 0 bridgehead atoms. The van der Waals surface area contributed by atoms with Gasteiger partial charge in [-0.25, -0.2) is 4.79 Å². The van der Waals surface area contributed by atoms with Crippen molar-refractivity contribution in [3.05, 3.63) is 95.1 Å². The second-order valence-electron chi connectivity index (χ2n) is 9.27. The van der Waals surface area contributed by atoms with Gasteiger partial charge in [0.15, 0.2) is 6.10 Å². The predicted octanol–water partition coefficient (Wildman–Crippen LogP) is 5.14. The fourth-order valence-corrected chi connectivity index (χ4v) is 4.38. The van der Waals surface area contributed by atoms with E-state index in [1.165, 1.54) is 5.56 Å². The fourth-order valence-electron chi connectivity index (χ4n) is 3.92. The van der Waals surface area contributed by atoms with Crippen LogP contribution in [0.25, 0.3) is 0 Å². The number of carbonyl (C=O) groups excluding carboxylic acids is 1. The van der Waals surface area contributed by atoms with Crippen molar-refractivity contribution in [2.45, 2.75) is 52.2 Å². The molecule has 0 fully saturated rings. The maximum absolute atomic E-state index is 12.5. The topological polar surface area (TPSA) is 88.1 Å². The molecule has 0 radical (unpaired) electrons. The summed E-state index contributed by atoms with van der Waals surface area (Å²) in [5.74, 6) is 0.645. The standard InChI is InChI=1S/C30H36O7S/c1-5-34-29(30(31)36-22(2)3)21-25-11-14-26(19-24-9-7-6-8-10-24)28(20-25)35-18-17-23-12-15-27(16-13-23)37-38(4,32)33/h6-16,20,22,29H,5,17-19,21H2,1-4H3. The Kier molecular flexibility index (Phi) is 10.7. The van der Waals surface area contributed by atoms with Gasteiger partial charge in [0.2, 0.25) is 0 Å². The summed E-state index contributed by atoms with van der Waals surface area (Å²) in [4.78, 5) is 12.5. The number of hydrogen-bond acceptors (Lipinski definition) is 7. The lowest BCUT2D eigenvalue weighted by molar-refractivity contribution is -0.160. The van der Waals surface area contributed by atoms with Gasteiger partial charge in [0.1, 0.15) is 11.5 Å². The van der Waals surface area contributed by atoms with Crippen LogP contribution < -0.4 is 8.92 Å². The highest BCUT2D eigenvalue weighted by atomic mass is 32.2. The van der Waals surface area contributed by atoms with E-state index in [-0.39, 0.29) is 17.8 Å². The van der Waals surface area contributed by atoms with E-state index in [1.54, 1.807) is 12.1 Å². The first-order valence-corrected chi connectivity index (χ1v) is 14.5. The van der Waals surface area contributed by atoms with Gasteiger partial charge in [0, 0.05) is 25.9 Å². The van der Waals surface area contributed by atoms with Crippen LogP contribution in [0.4, 0.5) is 0 Å². The quantitative estimate of drug-likeness (QED) is 0.207. The van der Waals surface area contributed by atoms with Gasteiger partial charge in [-0.3, -0.25) is 0 Å². The molecule has 0 aliphatic heterocycles. The van der Waals surface area contributed by atoms with E-state index in [0.29, 0.717) is 32.5 Å². The highest BCUT2D eigenvalue weighted by Crippen LogP contribution is 2.25. The third-order valence-electron chi connectivity index (χ3n) is 5.59. The Morgan fingerprint density at radius 2 is 1.58 bits per heavy atom. The van der Waals surface area contributed by atoms with E-state index in [0.717, 1.165) is 28.7 Å². The molecule has 0 spiro atoms. The minimum Gasteiger partial charge on any atom is -0.493 e. The molecule has 204 valence electrons. The van der Waals surface area contributed by atoms with E-state index < -0.39 is 16.2 Å². The smallest absolute Gasteiger partial charge is 0.335 e. The summed E-state index contributed by atoms with van der Waals surface area (Å²) in [7, 11) is -3.56. The fraction of sp³-hybridized carbons (Fsp3) is 0.367. The molecular weight excluding hydrogens is 504 g/mol. The maximum atomic E-state index is 12.5. The second-order valence-corrected chi connectivity index (χ2v) is 10.8. The zero-order chi connectivity index (χ0) is 27.5. The van der Waals surface area contributed by atoms with Crippen molar-refractivity contribution in [2.75, 3.05) is 19.5 Å². The molecule has 0 aliphatic carbocycles. The van der Waals surface area contributed by atoms with Gasteiger partial charge < -0.3 is 18.4 Å². The molecule has 7 nitrogen and oxygen atoms in total. The van der Waals surface area contributed by atoms with Crippen molar-refractivity contribution in [3.8, 4) is 11.5 Å². The first-order chi connectivity index (χ1) is 18.1. The average molecular weight is 541 g/mol. The van der Waals surface area contributed by atoms with Crippen LogP contribution in [-0.4, -0.2) is 46.1 Å². The molecule has 1 atom stereocenters. The molecule has 0 saturated carbocycles. The first-order valence-electron chi connectivity index (χ1n) is 12.7. The Labute approximate surface area is 225 Å². The van der Waals surface area contributed by atoms with Crippen LogP contribution in [0.2, 0.25) is 0 Å². The van der Waals surface area contributed by atoms with E-state index in [9.17, 15) is 13.2 Å². The Balaban J connectivity index is 1.75. The van der Waals surface area contributed by atoms with Gasteiger partial charge in [0.25, 0.3) is 0 Å². The summed E-state index contributed by atoms with van der Waals surface area (Å²) in [5.41, 5.74) is 4.10. The number of rotatable bonds is 14. The summed E-state index contributed by atoms with van der Waals surface area (Å²) in [6.45, 7) is 6.31. The van der Waals surface area contributed by atoms with Crippen molar-refractivity contribution in [1.82, 2.24) is 0 Å². The number of carbonyl (C=O) groups is 1. The average Bonchev–Trinajstić information content (AvgIpc) is 2.85. The van der Waals surface area contributed by atoms with Crippen LogP contribution in [0.3, 0.4) is 0 Å². The number of benzene rings is 3. The van der Waals surface area contributed by atoms with E-state index in [2.05, 4.69) is 12.1 Å². The zero-order valence-corrected chi connectivity index (χ0v) is 23.2. The van der Waals surface area contributed by atoms with Crippen LogP contribution in [0.5, 0.6) is 11.5 Å². The Morgan fingerprint density at radius 3 is 2.21 bits per heavy atom. The van der Waals surface area contributed by atoms with Crippen LogP contribution in [0.1, 0.15) is 43.0 Å². The molecule has 3 aromatic rings. The lowest BCUT2D eigenvalue weighted by atomic mass is 10.00. The van der Waals surface area contributed by atoms with Crippen molar-refractivity contribution in [3.63, 3.8) is 0 Å². The van der Waals surface area contributed by atoms with E-state index in [4.69, 9.17) is 18.4 Å². The first kappa shape index (κ1) is 29.2. The molecule has 0 aliphatic rings. The van der Waals surface area contributed by atoms with Crippen LogP contribution in [-0.2, 0) is 43.6 Å². The summed E-state index contributed by atoms with van der Waals surface area (Å²) in [6, 6.07) is 23.0. The van der Waals surface area contributed by atoms with Gasteiger partial charge in [-0.2, -0.15) is 8.42 Å². The molecule has 3 aromatic carbocycles. The van der Waals surface area contributed by atoms with Crippen molar-refractivity contribution < 1.29 is 31.6 Å². The largest absolute Gasteiger partial charge is 0.493 e. The Hall–Kier alpha value is -3.36. The highest BCUT2D eigenvalue weighted by Gasteiger charge is 2.22. The predicted molar refractivity (Wildman–Crippen MR) is 147 cm³/mol. The lowest BCUT2D eigenvalue weighted by Crippen LogP contribution is -2.30. The zero-order valence-electron chi connectivity index (χ0n) is 22.4. The van der Waals surface area contributed by atoms with Crippen LogP contribution >= 0.6 is 0 Å². The van der Waals surface area contributed by atoms with Gasteiger partial charge in [-0.1, -0.05) is 54.6 Å². The minimum absolute atomic E-state index is 0.218. The molecule has 38 heavy (non-hydrogen) atoms. The SMILES string of the molecule is CCOC(Cc1ccc(Cc2ccccc2)c(OCCc2ccc(OS(C)(=O)=O)cc2)c1)C(=O)OC(C)C. The van der Waals surface area contributed by atoms with E-state index >= 15 is 0 Å². The Morgan fingerprint density at radius 1 is 0.895 bits per heavy atom. The van der Waals surface area contributed by atoms with Crippen LogP contribution in [0.15, 0.2) is 72.8 Å². The maximum Gasteiger partial charge on any atom is 0.335 e. The summed E-state index contributed by atoms with van der Waals surface area (Å²) in [6.07, 6.45) is 1.81. The lowest BCUT2D eigenvalue weighted by Gasteiger charge is -2.19. The minimum atomic E-state index is -3.56. The Bertz CT molecular complexity index is 1270. The highest BCUT2D eigenvalue weighted by molar-refractivity contribution is 7.86. The summed E-state index contributed by atoms with van der Waals surface area (Å²) in [5, 5.41) is 0. The molecule has 0 aromatic heterocycles. The molecule has 8 heteroatoms. The van der Waals surface area contributed by atoms with Gasteiger partial charge in [0.05, 0.1) is 19.0 Å². The van der Waals surface area contributed by atoms with Crippen molar-refractivity contribution in [1.29, 1.82) is 0 Å². The van der Waals surface area contributed by atoms with Gasteiger partial charge >= 0.3 is 16.1 Å².